The van der Waals surface area contributed by atoms with Crippen LogP contribution in [-0.4, -0.2) is 21.5 Å². The van der Waals surface area contributed by atoms with Crippen LogP contribution < -0.4 is 20.4 Å². The number of hydrogen-bond acceptors (Lipinski definition) is 2. The number of halogens is 8. The first kappa shape index (κ1) is 18.9. The third-order valence-electron chi connectivity index (χ3n) is 3.21. The quantitative estimate of drug-likeness (QED) is 0.357. The number of hydrogen-bond donors (Lipinski definition) is 0. The van der Waals surface area contributed by atoms with E-state index in [0.29, 0.717) is 0 Å². The van der Waals surface area contributed by atoms with E-state index in [4.69, 9.17) is 0 Å². The zero-order valence-electron chi connectivity index (χ0n) is 12.4. The summed E-state index contributed by atoms with van der Waals surface area (Å²) in [7, 11) is 1.38. The second-order valence-corrected chi connectivity index (χ2v) is 4.55. The van der Waals surface area contributed by atoms with Crippen LogP contribution in [0.25, 0.3) is 0 Å². The zero-order valence-corrected chi connectivity index (χ0v) is 12.4. The van der Waals surface area contributed by atoms with E-state index in [0.717, 1.165) is 14.2 Å². The Morgan fingerprint density at radius 2 is 0.800 bits per heavy atom. The molecule has 0 atom stereocenters. The molecule has 0 bridgehead atoms. The molecule has 0 aliphatic heterocycles. The molecule has 0 amide bonds. The summed E-state index contributed by atoms with van der Waals surface area (Å²) in [5, 5.41) is 0. The molecule has 2 nitrogen and oxygen atoms in total. The lowest BCUT2D eigenvalue weighted by Crippen LogP contribution is -2.39. The fourth-order valence-electron chi connectivity index (χ4n) is 2.01. The molecule has 133 valence electrons. The van der Waals surface area contributed by atoms with Crippen molar-refractivity contribution in [3.05, 3.63) is 46.5 Å². The maximum atomic E-state index is 14.0. The van der Waals surface area contributed by atoms with Crippen molar-refractivity contribution < 1.29 is 44.6 Å². The molecule has 0 heterocycles. The highest BCUT2D eigenvalue weighted by atomic mass is 19.2. The lowest BCUT2D eigenvalue weighted by atomic mass is 9.62. The molecule has 0 aliphatic rings. The van der Waals surface area contributed by atoms with Crippen molar-refractivity contribution >= 4 is 18.2 Å². The molecule has 0 N–H and O–H groups in total. The third kappa shape index (κ3) is 2.87. The Hall–Kier alpha value is -2.46. The maximum Gasteiger partial charge on any atom is 0.207 e. The summed E-state index contributed by atoms with van der Waals surface area (Å²) in [6.45, 7) is 0. The highest BCUT2D eigenvalue weighted by Gasteiger charge is 2.31. The molecule has 0 saturated carbocycles. The van der Waals surface area contributed by atoms with Gasteiger partial charge >= 0.3 is 0 Å². The van der Waals surface area contributed by atoms with E-state index in [9.17, 15) is 35.1 Å². The zero-order chi connectivity index (χ0) is 19.0. The molecule has 0 saturated heterocycles. The van der Waals surface area contributed by atoms with Gasteiger partial charge in [0.05, 0.1) is 14.2 Å². The van der Waals surface area contributed by atoms with Gasteiger partial charge in [-0.2, -0.15) is 13.2 Å². The summed E-state index contributed by atoms with van der Waals surface area (Å²) in [4.78, 5) is 0. The number of rotatable bonds is 4. The average Bonchev–Trinajstić information content (AvgIpc) is 2.59. The summed E-state index contributed by atoms with van der Waals surface area (Å²) >= 11 is 0. The van der Waals surface area contributed by atoms with E-state index in [1.54, 1.807) is 0 Å². The van der Waals surface area contributed by atoms with E-state index in [1.165, 1.54) is 0 Å². The average molecular weight is 369 g/mol. The normalized spacial score (nSPS) is 10.8. The Balaban J connectivity index is 2.72. The first-order valence-electron chi connectivity index (χ1n) is 6.31. The maximum absolute atomic E-state index is 14.0. The molecule has 0 unspecified atom stereocenters. The number of ether oxygens (including phenoxy) is 2. The summed E-state index contributed by atoms with van der Waals surface area (Å²) in [6.07, 6.45) is 0. The molecule has 2 rings (SSSR count). The summed E-state index contributed by atoms with van der Waals surface area (Å²) in [6, 6.07) is 0. The van der Waals surface area contributed by atoms with Gasteiger partial charge in [0, 0.05) is 0 Å². The van der Waals surface area contributed by atoms with Crippen LogP contribution in [0.5, 0.6) is 11.5 Å². The fourth-order valence-corrected chi connectivity index (χ4v) is 2.01. The summed E-state index contributed by atoms with van der Waals surface area (Å²) in [5.41, 5.74) is -3.07. The molecular weight excluding hydrogens is 363 g/mol. The largest absolute Gasteiger partial charge is 0.491 e. The van der Waals surface area contributed by atoms with Crippen molar-refractivity contribution in [3.8, 4) is 11.5 Å². The van der Waals surface area contributed by atoms with Crippen molar-refractivity contribution in [2.45, 2.75) is 0 Å². The topological polar surface area (TPSA) is 18.5 Å². The molecule has 0 aliphatic carbocycles. The molecule has 0 aromatic heterocycles. The smallest absolute Gasteiger partial charge is 0.207 e. The first-order chi connectivity index (χ1) is 11.7. The van der Waals surface area contributed by atoms with Crippen molar-refractivity contribution in [1.29, 1.82) is 0 Å². The van der Waals surface area contributed by atoms with Crippen LogP contribution >= 0.6 is 0 Å². The SMILES string of the molecule is COc1c(F)c(F)c([B]c2c(F)c(F)c(F)c(OC)c2F)c(F)c1F. The predicted molar refractivity (Wildman–Crippen MR) is 70.7 cm³/mol. The van der Waals surface area contributed by atoms with E-state index in [2.05, 4.69) is 9.47 Å². The van der Waals surface area contributed by atoms with Gasteiger partial charge in [-0.3, -0.25) is 0 Å². The van der Waals surface area contributed by atoms with Gasteiger partial charge in [0.25, 0.3) is 0 Å². The van der Waals surface area contributed by atoms with Crippen LogP contribution in [0.15, 0.2) is 0 Å². The van der Waals surface area contributed by atoms with Gasteiger partial charge in [0.1, 0.15) is 0 Å². The van der Waals surface area contributed by atoms with Gasteiger partial charge in [-0.25, -0.2) is 22.0 Å². The van der Waals surface area contributed by atoms with Crippen LogP contribution in [0.2, 0.25) is 0 Å². The first-order valence-corrected chi connectivity index (χ1v) is 6.31. The van der Waals surface area contributed by atoms with E-state index < -0.39 is 69.0 Å². The number of methoxy groups -OCH3 is 2. The number of benzene rings is 2. The highest BCUT2D eigenvalue weighted by molar-refractivity contribution is 6.67. The van der Waals surface area contributed by atoms with Crippen LogP contribution in [-0.2, 0) is 0 Å². The molecular formula is C14H6BF8O2. The van der Waals surface area contributed by atoms with Crippen LogP contribution in [0.3, 0.4) is 0 Å². The monoisotopic (exact) mass is 369 g/mol. The van der Waals surface area contributed by atoms with Gasteiger partial charge in [-0.05, 0) is 10.9 Å². The van der Waals surface area contributed by atoms with Gasteiger partial charge in [-0.15, -0.1) is 0 Å². The molecule has 0 fully saturated rings. The standard InChI is InChI=1S/C14H6BF8O2/c1-24-13-8(19)4(5(16)9(20)12(13)23)15-3-6(17)10(21)14(25-2)11(22)7(3)18/h1-2H3. The summed E-state index contributed by atoms with van der Waals surface area (Å²) in [5.74, 6) is -19.2. The lowest BCUT2D eigenvalue weighted by molar-refractivity contribution is 0.335. The fraction of sp³-hybridized carbons (Fsp3) is 0.143. The third-order valence-corrected chi connectivity index (χ3v) is 3.21. The molecule has 25 heavy (non-hydrogen) atoms. The van der Waals surface area contributed by atoms with E-state index in [1.807, 2.05) is 0 Å². The van der Waals surface area contributed by atoms with Gasteiger partial charge in [0.15, 0.2) is 40.6 Å². The lowest BCUT2D eigenvalue weighted by Gasteiger charge is -2.13. The Kier molecular flexibility index (Phi) is 5.14. The summed E-state index contributed by atoms with van der Waals surface area (Å²) < 4.78 is 118. The molecule has 11 heteroatoms. The minimum Gasteiger partial charge on any atom is -0.491 e. The molecule has 2 aromatic carbocycles. The minimum absolute atomic E-state index is 0.0635. The second-order valence-electron chi connectivity index (χ2n) is 4.55. The van der Waals surface area contributed by atoms with Crippen LogP contribution in [0.1, 0.15) is 0 Å². The molecule has 2 aromatic rings. The molecule has 0 spiro atoms. The predicted octanol–water partition coefficient (Wildman–Crippen LogP) is 2.47. The van der Waals surface area contributed by atoms with Crippen LogP contribution in [0, 0.1) is 46.5 Å². The van der Waals surface area contributed by atoms with E-state index in [-0.39, 0.29) is 7.28 Å². The van der Waals surface area contributed by atoms with Crippen molar-refractivity contribution in [2.24, 2.45) is 0 Å². The van der Waals surface area contributed by atoms with E-state index >= 15 is 0 Å². The second kappa shape index (κ2) is 6.81. The Morgan fingerprint density at radius 1 is 0.480 bits per heavy atom. The Morgan fingerprint density at radius 3 is 1.24 bits per heavy atom. The minimum atomic E-state index is -2.21. The highest BCUT2D eigenvalue weighted by Crippen LogP contribution is 2.26. The molecule has 1 radical (unpaired) electrons. The van der Waals surface area contributed by atoms with Crippen molar-refractivity contribution in [1.82, 2.24) is 0 Å². The Labute approximate surface area is 136 Å². The van der Waals surface area contributed by atoms with Crippen LogP contribution in [0.4, 0.5) is 35.1 Å². The van der Waals surface area contributed by atoms with Gasteiger partial charge in [-0.1, -0.05) is 0 Å². The van der Waals surface area contributed by atoms with Gasteiger partial charge < -0.3 is 9.47 Å². The van der Waals surface area contributed by atoms with Crippen molar-refractivity contribution in [2.75, 3.05) is 14.2 Å². The van der Waals surface area contributed by atoms with Gasteiger partial charge in [0.2, 0.25) is 24.7 Å². The Bertz CT molecular complexity index is 827. The van der Waals surface area contributed by atoms with Crippen molar-refractivity contribution in [3.63, 3.8) is 0 Å².